The number of carboxylic acids is 1. The molecule has 2 amide bonds. The summed E-state index contributed by atoms with van der Waals surface area (Å²) >= 11 is 0. The minimum absolute atomic E-state index is 0.219. The number of hydrogen-bond donors (Lipinski definition) is 2. The van der Waals surface area contributed by atoms with Crippen molar-refractivity contribution in [3.8, 4) is 0 Å². The number of aryl methyl sites for hydroxylation is 2. The number of aliphatic carboxylic acids is 1. The number of para-hydroxylation sites is 1. The van der Waals surface area contributed by atoms with Gasteiger partial charge in [0.1, 0.15) is 11.6 Å². The van der Waals surface area contributed by atoms with Crippen LogP contribution in [0.2, 0.25) is 0 Å². The first-order valence-electron chi connectivity index (χ1n) is 11.4. The first-order valence-corrected chi connectivity index (χ1v) is 11.4. The van der Waals surface area contributed by atoms with Crippen molar-refractivity contribution >= 4 is 23.5 Å². The SMILES string of the molecule is C=CCN(C(=O)C1N([C@H](C)CO)C(=O)[C@@H]2[C@@H](C(=O)O)[C@@]3(C)CCC12O3)c1c(C)cccc1C. The van der Waals surface area contributed by atoms with Crippen LogP contribution in [0.3, 0.4) is 0 Å². The van der Waals surface area contributed by atoms with E-state index < -0.39 is 47.0 Å². The summed E-state index contributed by atoms with van der Waals surface area (Å²) in [6.07, 6.45) is 2.48. The van der Waals surface area contributed by atoms with Crippen LogP contribution in [0.4, 0.5) is 5.69 Å². The van der Waals surface area contributed by atoms with Gasteiger partial charge in [-0.1, -0.05) is 24.3 Å². The summed E-state index contributed by atoms with van der Waals surface area (Å²) in [7, 11) is 0. The van der Waals surface area contributed by atoms with Gasteiger partial charge in [0.25, 0.3) is 5.91 Å². The number of aliphatic hydroxyl groups excluding tert-OH is 1. The van der Waals surface area contributed by atoms with Crippen LogP contribution in [0, 0.1) is 25.7 Å². The van der Waals surface area contributed by atoms with E-state index in [0.29, 0.717) is 12.8 Å². The third-order valence-electron chi connectivity index (χ3n) is 7.74. The number of benzene rings is 1. The molecule has 8 nitrogen and oxygen atoms in total. The summed E-state index contributed by atoms with van der Waals surface area (Å²) in [6.45, 7) is 10.9. The van der Waals surface area contributed by atoms with Gasteiger partial charge < -0.3 is 24.7 Å². The molecule has 8 heteroatoms. The fraction of sp³-hybridized carbons (Fsp3) is 0.560. The number of carbonyl (C=O) groups excluding carboxylic acids is 2. The van der Waals surface area contributed by atoms with Crippen molar-refractivity contribution in [3.63, 3.8) is 0 Å². The second kappa shape index (κ2) is 7.95. The number of ether oxygens (including phenoxy) is 1. The fourth-order valence-electron chi connectivity index (χ4n) is 6.38. The Morgan fingerprint density at radius 3 is 2.52 bits per heavy atom. The van der Waals surface area contributed by atoms with E-state index in [2.05, 4.69) is 6.58 Å². The van der Waals surface area contributed by atoms with Crippen LogP contribution in [0.5, 0.6) is 0 Å². The molecule has 3 heterocycles. The van der Waals surface area contributed by atoms with Crippen LogP contribution in [0.1, 0.15) is 37.8 Å². The number of nitrogens with zero attached hydrogens (tertiary/aromatic N) is 2. The molecule has 3 aliphatic rings. The van der Waals surface area contributed by atoms with Crippen molar-refractivity contribution in [2.75, 3.05) is 18.1 Å². The van der Waals surface area contributed by atoms with Crippen molar-refractivity contribution in [1.29, 1.82) is 0 Å². The van der Waals surface area contributed by atoms with Gasteiger partial charge in [0.05, 0.1) is 30.1 Å². The molecule has 4 rings (SSSR count). The van der Waals surface area contributed by atoms with E-state index in [1.807, 2.05) is 32.0 Å². The summed E-state index contributed by atoms with van der Waals surface area (Å²) in [5.41, 5.74) is 0.279. The Balaban J connectivity index is 1.88. The van der Waals surface area contributed by atoms with E-state index in [1.165, 1.54) is 4.90 Å². The minimum Gasteiger partial charge on any atom is -0.481 e. The summed E-state index contributed by atoms with van der Waals surface area (Å²) in [6, 6.07) is 4.04. The first kappa shape index (κ1) is 23.4. The van der Waals surface area contributed by atoms with Crippen molar-refractivity contribution in [2.24, 2.45) is 11.8 Å². The van der Waals surface area contributed by atoms with Crippen molar-refractivity contribution in [3.05, 3.63) is 42.0 Å². The third kappa shape index (κ3) is 3.14. The van der Waals surface area contributed by atoms with E-state index in [4.69, 9.17) is 4.74 Å². The molecule has 3 saturated heterocycles. The molecule has 1 aromatic rings. The molecule has 1 aromatic carbocycles. The lowest BCUT2D eigenvalue weighted by Crippen LogP contribution is -2.58. The Morgan fingerprint density at radius 2 is 1.97 bits per heavy atom. The molecule has 0 aliphatic carbocycles. The molecule has 3 fully saturated rings. The number of fused-ring (bicyclic) bond motifs is 1. The van der Waals surface area contributed by atoms with Crippen LogP contribution < -0.4 is 4.90 Å². The van der Waals surface area contributed by atoms with Gasteiger partial charge in [-0.05, 0) is 51.7 Å². The van der Waals surface area contributed by atoms with Gasteiger partial charge in [-0.25, -0.2) is 0 Å². The number of aliphatic hydroxyl groups is 1. The monoisotopic (exact) mass is 456 g/mol. The average molecular weight is 457 g/mol. The Bertz CT molecular complexity index is 1000. The molecule has 0 saturated carbocycles. The lowest BCUT2D eigenvalue weighted by Gasteiger charge is -2.39. The molecule has 1 spiro atoms. The number of hydrogen-bond acceptors (Lipinski definition) is 5. The molecule has 0 aromatic heterocycles. The zero-order valence-electron chi connectivity index (χ0n) is 19.6. The molecule has 33 heavy (non-hydrogen) atoms. The summed E-state index contributed by atoms with van der Waals surface area (Å²) in [5, 5.41) is 19.9. The molecular formula is C25H32N2O6. The molecule has 178 valence electrons. The van der Waals surface area contributed by atoms with Crippen LogP contribution in [-0.2, 0) is 19.1 Å². The Hall–Kier alpha value is -2.71. The second-order valence-electron chi connectivity index (χ2n) is 9.82. The van der Waals surface area contributed by atoms with Crippen molar-refractivity contribution < 1.29 is 29.3 Å². The number of carboxylic acid groups (broad SMARTS) is 1. The molecule has 6 atom stereocenters. The Labute approximate surface area is 193 Å². The van der Waals surface area contributed by atoms with Gasteiger partial charge >= 0.3 is 5.97 Å². The number of anilines is 1. The van der Waals surface area contributed by atoms with E-state index in [0.717, 1.165) is 16.8 Å². The van der Waals surface area contributed by atoms with Crippen LogP contribution in [0.15, 0.2) is 30.9 Å². The standard InChI is InChI=1S/C25H32N2O6/c1-6-12-26(19-14(2)8-7-9-15(19)3)22(30)20-25-11-10-24(5,33-25)18(23(31)32)17(25)21(29)27(20)16(4)13-28/h6-9,16-18,20,28H,1,10-13H2,2-5H3,(H,31,32)/t16-,17+,18+,20?,24-,25?/m1/s1. The second-order valence-corrected chi connectivity index (χ2v) is 9.82. The van der Waals surface area contributed by atoms with Gasteiger partial charge in [-0.15, -0.1) is 6.58 Å². The van der Waals surface area contributed by atoms with Crippen LogP contribution in [-0.4, -0.2) is 69.3 Å². The molecule has 0 radical (unpaired) electrons. The predicted octanol–water partition coefficient (Wildman–Crippen LogP) is 2.05. The normalized spacial score (nSPS) is 33.2. The highest BCUT2D eigenvalue weighted by Crippen LogP contribution is 2.63. The number of likely N-dealkylation sites (tertiary alicyclic amines) is 1. The zero-order chi connectivity index (χ0) is 24.3. The lowest BCUT2D eigenvalue weighted by atomic mass is 9.66. The maximum atomic E-state index is 14.3. The average Bonchev–Trinajstić information content (AvgIpc) is 3.32. The summed E-state index contributed by atoms with van der Waals surface area (Å²) in [4.78, 5) is 43.2. The molecule has 2 bridgehead atoms. The predicted molar refractivity (Wildman–Crippen MR) is 122 cm³/mol. The Morgan fingerprint density at radius 1 is 1.33 bits per heavy atom. The molecule has 2 N–H and O–H groups in total. The number of amides is 2. The van der Waals surface area contributed by atoms with Gasteiger partial charge in [0, 0.05) is 12.2 Å². The van der Waals surface area contributed by atoms with Gasteiger partial charge in [0.2, 0.25) is 5.91 Å². The van der Waals surface area contributed by atoms with Crippen molar-refractivity contribution in [1.82, 2.24) is 4.90 Å². The van der Waals surface area contributed by atoms with E-state index in [1.54, 1.807) is 24.8 Å². The van der Waals surface area contributed by atoms with Gasteiger partial charge in [-0.2, -0.15) is 0 Å². The third-order valence-corrected chi connectivity index (χ3v) is 7.74. The molecule has 3 aliphatic heterocycles. The van der Waals surface area contributed by atoms with Gasteiger partial charge in [0.15, 0.2) is 0 Å². The highest BCUT2D eigenvalue weighted by Gasteiger charge is 2.78. The van der Waals surface area contributed by atoms with Gasteiger partial charge in [-0.3, -0.25) is 14.4 Å². The molecule has 2 unspecified atom stereocenters. The maximum Gasteiger partial charge on any atom is 0.310 e. The maximum absolute atomic E-state index is 14.3. The first-order chi connectivity index (χ1) is 15.5. The minimum atomic E-state index is -1.24. The topological polar surface area (TPSA) is 107 Å². The van der Waals surface area contributed by atoms with Crippen LogP contribution in [0.25, 0.3) is 0 Å². The molecular weight excluding hydrogens is 424 g/mol. The Kier molecular flexibility index (Phi) is 5.65. The number of rotatable bonds is 7. The lowest BCUT2D eigenvalue weighted by molar-refractivity contribution is -0.155. The van der Waals surface area contributed by atoms with E-state index >= 15 is 0 Å². The summed E-state index contributed by atoms with van der Waals surface area (Å²) < 4.78 is 6.40. The largest absolute Gasteiger partial charge is 0.481 e. The van der Waals surface area contributed by atoms with E-state index in [9.17, 15) is 24.6 Å². The highest BCUT2D eigenvalue weighted by molar-refractivity contribution is 6.05. The quantitative estimate of drug-likeness (QED) is 0.608. The fourth-order valence-corrected chi connectivity index (χ4v) is 6.38. The smallest absolute Gasteiger partial charge is 0.310 e. The zero-order valence-corrected chi connectivity index (χ0v) is 19.6. The number of carbonyl (C=O) groups is 3. The summed E-state index contributed by atoms with van der Waals surface area (Å²) in [5.74, 6) is -3.90. The van der Waals surface area contributed by atoms with Crippen LogP contribution >= 0.6 is 0 Å². The van der Waals surface area contributed by atoms with E-state index in [-0.39, 0.29) is 19.1 Å². The van der Waals surface area contributed by atoms with Crippen molar-refractivity contribution in [2.45, 2.75) is 63.8 Å². The highest BCUT2D eigenvalue weighted by atomic mass is 16.5.